The van der Waals surface area contributed by atoms with E-state index in [1.807, 2.05) is 27.7 Å². The summed E-state index contributed by atoms with van der Waals surface area (Å²) in [6, 6.07) is 5.05. The van der Waals surface area contributed by atoms with Gasteiger partial charge in [0.2, 0.25) is 5.91 Å². The molecular formula is C14H19NO3. The van der Waals surface area contributed by atoms with Gasteiger partial charge < -0.3 is 10.1 Å². The van der Waals surface area contributed by atoms with Crippen molar-refractivity contribution in [3.05, 3.63) is 29.3 Å². The first kappa shape index (κ1) is 14.2. The van der Waals surface area contributed by atoms with E-state index in [-0.39, 0.29) is 11.9 Å². The summed E-state index contributed by atoms with van der Waals surface area (Å²) in [6.07, 6.45) is 0. The van der Waals surface area contributed by atoms with Crippen molar-refractivity contribution in [1.29, 1.82) is 0 Å². The number of carbonyl (C=O) groups is 2. The minimum atomic E-state index is -0.451. The van der Waals surface area contributed by atoms with Gasteiger partial charge in [0.15, 0.2) is 0 Å². The van der Waals surface area contributed by atoms with Crippen LogP contribution in [-0.2, 0) is 9.53 Å². The molecule has 0 aliphatic rings. The van der Waals surface area contributed by atoms with E-state index in [1.165, 1.54) is 7.11 Å². The van der Waals surface area contributed by atoms with Gasteiger partial charge in [-0.1, -0.05) is 20.8 Å². The van der Waals surface area contributed by atoms with Crippen LogP contribution in [-0.4, -0.2) is 19.0 Å². The van der Waals surface area contributed by atoms with Gasteiger partial charge in [-0.05, 0) is 30.7 Å². The number of anilines is 1. The number of methoxy groups -OCH3 is 1. The molecule has 1 aromatic rings. The Morgan fingerprint density at radius 3 is 2.28 bits per heavy atom. The number of hydrogen-bond donors (Lipinski definition) is 1. The van der Waals surface area contributed by atoms with Crippen LogP contribution in [0, 0.1) is 12.3 Å². The minimum Gasteiger partial charge on any atom is -0.465 e. The Kier molecular flexibility index (Phi) is 4.11. The van der Waals surface area contributed by atoms with Gasteiger partial charge in [0, 0.05) is 11.1 Å². The molecule has 1 N–H and O–H groups in total. The van der Waals surface area contributed by atoms with E-state index in [4.69, 9.17) is 0 Å². The zero-order valence-corrected chi connectivity index (χ0v) is 11.5. The third-order valence-electron chi connectivity index (χ3n) is 2.58. The predicted molar refractivity (Wildman–Crippen MR) is 70.6 cm³/mol. The number of carbonyl (C=O) groups excluding carboxylic acids is 2. The average molecular weight is 249 g/mol. The summed E-state index contributed by atoms with van der Waals surface area (Å²) in [5.74, 6) is -0.441. The van der Waals surface area contributed by atoms with Gasteiger partial charge in [-0.2, -0.15) is 0 Å². The van der Waals surface area contributed by atoms with Crippen LogP contribution in [0.25, 0.3) is 0 Å². The molecule has 0 aliphatic heterocycles. The van der Waals surface area contributed by atoms with E-state index < -0.39 is 5.41 Å². The van der Waals surface area contributed by atoms with Crippen molar-refractivity contribution in [1.82, 2.24) is 0 Å². The fourth-order valence-corrected chi connectivity index (χ4v) is 1.36. The molecule has 0 saturated heterocycles. The molecule has 98 valence electrons. The lowest BCUT2D eigenvalue weighted by Gasteiger charge is -2.18. The summed E-state index contributed by atoms with van der Waals surface area (Å²) in [5, 5.41) is 2.84. The smallest absolute Gasteiger partial charge is 0.337 e. The molecule has 0 unspecified atom stereocenters. The van der Waals surface area contributed by atoms with Gasteiger partial charge in [-0.15, -0.1) is 0 Å². The molecular weight excluding hydrogens is 230 g/mol. The Balaban J connectivity index is 2.94. The maximum atomic E-state index is 11.9. The monoisotopic (exact) mass is 249 g/mol. The highest BCUT2D eigenvalue weighted by molar-refractivity contribution is 5.96. The molecule has 0 fully saturated rings. The maximum absolute atomic E-state index is 11.9. The van der Waals surface area contributed by atoms with E-state index in [0.29, 0.717) is 11.3 Å². The molecule has 0 saturated carbocycles. The molecule has 18 heavy (non-hydrogen) atoms. The number of hydrogen-bond acceptors (Lipinski definition) is 3. The quantitative estimate of drug-likeness (QED) is 0.820. The predicted octanol–water partition coefficient (Wildman–Crippen LogP) is 2.77. The standard InChI is InChI=1S/C14H19NO3/c1-9-8-10(12(16)18-5)6-7-11(9)15-13(17)14(2,3)4/h6-8H,1-5H3,(H,15,17). The molecule has 0 aromatic heterocycles. The van der Waals surface area contributed by atoms with Crippen LogP contribution in [0.4, 0.5) is 5.69 Å². The fourth-order valence-electron chi connectivity index (χ4n) is 1.36. The molecule has 1 aromatic carbocycles. The van der Waals surface area contributed by atoms with Gasteiger partial charge in [0.05, 0.1) is 12.7 Å². The number of aryl methyl sites for hydroxylation is 1. The topological polar surface area (TPSA) is 55.4 Å². The molecule has 1 rings (SSSR count). The minimum absolute atomic E-state index is 0.0589. The van der Waals surface area contributed by atoms with Crippen molar-refractivity contribution in [3.63, 3.8) is 0 Å². The zero-order chi connectivity index (χ0) is 13.9. The molecule has 0 bridgehead atoms. The van der Waals surface area contributed by atoms with Gasteiger partial charge >= 0.3 is 5.97 Å². The Bertz CT molecular complexity index is 472. The molecule has 1 amide bonds. The van der Waals surface area contributed by atoms with Gasteiger partial charge in [-0.25, -0.2) is 4.79 Å². The van der Waals surface area contributed by atoms with Crippen LogP contribution >= 0.6 is 0 Å². The van der Waals surface area contributed by atoms with Gasteiger partial charge in [-0.3, -0.25) is 4.79 Å². The van der Waals surface area contributed by atoms with Crippen molar-refractivity contribution in [2.75, 3.05) is 12.4 Å². The van der Waals surface area contributed by atoms with Crippen LogP contribution in [0.3, 0.4) is 0 Å². The number of nitrogens with one attached hydrogen (secondary N) is 1. The highest BCUT2D eigenvalue weighted by atomic mass is 16.5. The van der Waals surface area contributed by atoms with Crippen LogP contribution in [0.2, 0.25) is 0 Å². The van der Waals surface area contributed by atoms with E-state index in [0.717, 1.165) is 5.56 Å². The number of amides is 1. The first-order chi connectivity index (χ1) is 8.25. The molecule has 4 heteroatoms. The second kappa shape index (κ2) is 5.21. The van der Waals surface area contributed by atoms with E-state index in [1.54, 1.807) is 18.2 Å². The highest BCUT2D eigenvalue weighted by Gasteiger charge is 2.21. The maximum Gasteiger partial charge on any atom is 0.337 e. The molecule has 0 heterocycles. The van der Waals surface area contributed by atoms with E-state index >= 15 is 0 Å². The van der Waals surface area contributed by atoms with Crippen molar-refractivity contribution >= 4 is 17.6 Å². The first-order valence-corrected chi connectivity index (χ1v) is 5.76. The van der Waals surface area contributed by atoms with E-state index in [9.17, 15) is 9.59 Å². The average Bonchev–Trinajstić information content (AvgIpc) is 2.29. The van der Waals surface area contributed by atoms with Crippen molar-refractivity contribution in [2.24, 2.45) is 5.41 Å². The van der Waals surface area contributed by atoms with Crippen LogP contribution in [0.1, 0.15) is 36.7 Å². The van der Waals surface area contributed by atoms with Crippen LogP contribution in [0.5, 0.6) is 0 Å². The molecule has 4 nitrogen and oxygen atoms in total. The summed E-state index contributed by atoms with van der Waals surface area (Å²) in [4.78, 5) is 23.2. The van der Waals surface area contributed by atoms with Crippen molar-refractivity contribution in [3.8, 4) is 0 Å². The van der Waals surface area contributed by atoms with Crippen molar-refractivity contribution < 1.29 is 14.3 Å². The Labute approximate surface area is 107 Å². The largest absolute Gasteiger partial charge is 0.465 e. The summed E-state index contributed by atoms with van der Waals surface area (Å²) in [5.41, 5.74) is 1.56. The van der Waals surface area contributed by atoms with E-state index in [2.05, 4.69) is 10.1 Å². The van der Waals surface area contributed by atoms with Gasteiger partial charge in [0.1, 0.15) is 0 Å². The summed E-state index contributed by atoms with van der Waals surface area (Å²) in [7, 11) is 1.34. The molecule has 0 radical (unpaired) electrons. The third-order valence-corrected chi connectivity index (χ3v) is 2.58. The summed E-state index contributed by atoms with van der Waals surface area (Å²) in [6.45, 7) is 7.38. The third kappa shape index (κ3) is 3.32. The fraction of sp³-hybridized carbons (Fsp3) is 0.429. The normalized spacial score (nSPS) is 10.9. The number of esters is 1. The summed E-state index contributed by atoms with van der Waals surface area (Å²) >= 11 is 0. The Hall–Kier alpha value is -1.84. The second-order valence-corrected chi connectivity index (χ2v) is 5.23. The molecule has 0 aliphatic carbocycles. The SMILES string of the molecule is COC(=O)c1ccc(NC(=O)C(C)(C)C)c(C)c1. The summed E-state index contributed by atoms with van der Waals surface area (Å²) < 4.78 is 4.64. The first-order valence-electron chi connectivity index (χ1n) is 5.76. The van der Waals surface area contributed by atoms with Crippen molar-refractivity contribution in [2.45, 2.75) is 27.7 Å². The van der Waals surface area contributed by atoms with Crippen LogP contribution < -0.4 is 5.32 Å². The van der Waals surface area contributed by atoms with Crippen LogP contribution in [0.15, 0.2) is 18.2 Å². The number of rotatable bonds is 2. The number of benzene rings is 1. The molecule has 0 atom stereocenters. The zero-order valence-electron chi connectivity index (χ0n) is 11.5. The lowest BCUT2D eigenvalue weighted by molar-refractivity contribution is -0.123. The molecule has 0 spiro atoms. The highest BCUT2D eigenvalue weighted by Crippen LogP contribution is 2.21. The lowest BCUT2D eigenvalue weighted by atomic mass is 9.95. The Morgan fingerprint density at radius 2 is 1.83 bits per heavy atom. The number of ether oxygens (including phenoxy) is 1. The van der Waals surface area contributed by atoms with Gasteiger partial charge in [0.25, 0.3) is 0 Å². The second-order valence-electron chi connectivity index (χ2n) is 5.23. The Morgan fingerprint density at radius 1 is 1.22 bits per heavy atom. The lowest BCUT2D eigenvalue weighted by Crippen LogP contribution is -2.27.